The predicted molar refractivity (Wildman–Crippen MR) is 92.8 cm³/mol. The van der Waals surface area contributed by atoms with Crippen LogP contribution in [0, 0.1) is 6.92 Å². The maximum absolute atomic E-state index is 12.4. The van der Waals surface area contributed by atoms with E-state index in [0.29, 0.717) is 12.6 Å². The Morgan fingerprint density at radius 1 is 1.26 bits per heavy atom. The smallest absolute Gasteiger partial charge is 0.253 e. The number of aromatic nitrogens is 1. The monoisotopic (exact) mass is 314 g/mol. The van der Waals surface area contributed by atoms with Crippen molar-refractivity contribution >= 4 is 16.8 Å². The maximum atomic E-state index is 12.4. The van der Waals surface area contributed by atoms with Gasteiger partial charge in [0.05, 0.1) is 11.7 Å². The molecule has 0 radical (unpaired) electrons. The van der Waals surface area contributed by atoms with Crippen LogP contribution in [0.4, 0.5) is 0 Å². The number of carbonyl (C=O) groups excluding carboxylic acids is 1. The number of H-pyrrole nitrogens is 1. The Balaban J connectivity index is 1.46. The highest BCUT2D eigenvalue weighted by atomic mass is 16.5. The molecule has 124 valence electrons. The largest absolute Gasteiger partial charge is 0.378 e. The molecule has 1 aromatic heterocycles. The molecule has 0 atom stereocenters. The highest BCUT2D eigenvalue weighted by molar-refractivity contribution is 6.08. The average molecular weight is 314 g/mol. The highest BCUT2D eigenvalue weighted by Gasteiger charge is 2.16. The van der Waals surface area contributed by atoms with E-state index in [1.807, 2.05) is 31.2 Å². The fraction of sp³-hybridized carbons (Fsp3) is 0.526. The van der Waals surface area contributed by atoms with E-state index < -0.39 is 0 Å². The lowest BCUT2D eigenvalue weighted by atomic mass is 9.98. The second-order valence-electron chi connectivity index (χ2n) is 6.41. The number of aryl methyl sites for hydroxylation is 1. The minimum atomic E-state index is -0.00221. The minimum Gasteiger partial charge on any atom is -0.378 e. The van der Waals surface area contributed by atoms with Crippen LogP contribution in [-0.4, -0.2) is 30.1 Å². The van der Waals surface area contributed by atoms with Crippen molar-refractivity contribution in [1.29, 1.82) is 0 Å². The molecule has 3 rings (SSSR count). The zero-order valence-electron chi connectivity index (χ0n) is 13.9. The number of benzene rings is 1. The predicted octanol–water partition coefficient (Wildman–Crippen LogP) is 3.95. The van der Waals surface area contributed by atoms with Gasteiger partial charge in [-0.1, -0.05) is 37.5 Å². The van der Waals surface area contributed by atoms with E-state index in [1.54, 1.807) is 0 Å². The lowest BCUT2D eigenvalue weighted by Gasteiger charge is -2.21. The van der Waals surface area contributed by atoms with E-state index in [4.69, 9.17) is 4.74 Å². The molecular weight excluding hydrogens is 288 g/mol. The average Bonchev–Trinajstić information content (AvgIpc) is 2.91. The summed E-state index contributed by atoms with van der Waals surface area (Å²) in [4.78, 5) is 15.7. The number of hydrogen-bond acceptors (Lipinski definition) is 2. The molecule has 1 heterocycles. The van der Waals surface area contributed by atoms with E-state index >= 15 is 0 Å². The van der Waals surface area contributed by atoms with Gasteiger partial charge in [-0.05, 0) is 32.3 Å². The third-order valence-corrected chi connectivity index (χ3v) is 4.63. The van der Waals surface area contributed by atoms with E-state index in [-0.39, 0.29) is 5.91 Å². The van der Waals surface area contributed by atoms with Gasteiger partial charge in [0.15, 0.2) is 0 Å². The van der Waals surface area contributed by atoms with Gasteiger partial charge in [-0.15, -0.1) is 0 Å². The summed E-state index contributed by atoms with van der Waals surface area (Å²) in [6, 6.07) is 7.92. The summed E-state index contributed by atoms with van der Waals surface area (Å²) in [6.45, 7) is 3.34. The first-order chi connectivity index (χ1) is 11.3. The molecule has 0 bridgehead atoms. The Kier molecular flexibility index (Phi) is 5.34. The van der Waals surface area contributed by atoms with E-state index in [2.05, 4.69) is 10.3 Å². The topological polar surface area (TPSA) is 54.1 Å². The molecule has 4 nitrogen and oxygen atoms in total. The van der Waals surface area contributed by atoms with Crippen LogP contribution in [0.25, 0.3) is 10.9 Å². The maximum Gasteiger partial charge on any atom is 0.253 e. The van der Waals surface area contributed by atoms with Gasteiger partial charge < -0.3 is 15.0 Å². The lowest BCUT2D eigenvalue weighted by Crippen LogP contribution is -2.26. The molecule has 1 aliphatic rings. The SMILES string of the molecule is Cc1[nH]c2ccccc2c1C(=O)NCCCOC1CCCCC1. The third kappa shape index (κ3) is 3.94. The van der Waals surface area contributed by atoms with E-state index in [0.717, 1.165) is 35.2 Å². The molecule has 0 saturated heterocycles. The van der Waals surface area contributed by atoms with Gasteiger partial charge >= 0.3 is 0 Å². The number of fused-ring (bicyclic) bond motifs is 1. The zero-order valence-corrected chi connectivity index (χ0v) is 13.9. The van der Waals surface area contributed by atoms with Crippen LogP contribution in [0.3, 0.4) is 0 Å². The zero-order chi connectivity index (χ0) is 16.1. The third-order valence-electron chi connectivity index (χ3n) is 4.63. The van der Waals surface area contributed by atoms with Crippen LogP contribution in [-0.2, 0) is 4.74 Å². The summed E-state index contributed by atoms with van der Waals surface area (Å²) < 4.78 is 5.89. The van der Waals surface area contributed by atoms with Crippen LogP contribution < -0.4 is 5.32 Å². The quantitative estimate of drug-likeness (QED) is 0.793. The number of nitrogens with one attached hydrogen (secondary N) is 2. The minimum absolute atomic E-state index is 0.00221. The van der Waals surface area contributed by atoms with Gasteiger partial charge in [0.2, 0.25) is 0 Å². The molecule has 1 saturated carbocycles. The summed E-state index contributed by atoms with van der Waals surface area (Å²) in [6.07, 6.45) is 7.63. The van der Waals surface area contributed by atoms with Crippen molar-refractivity contribution in [3.63, 3.8) is 0 Å². The van der Waals surface area contributed by atoms with Crippen molar-refractivity contribution in [2.24, 2.45) is 0 Å². The Morgan fingerprint density at radius 2 is 2.04 bits per heavy atom. The first-order valence-electron chi connectivity index (χ1n) is 8.73. The molecule has 2 N–H and O–H groups in total. The van der Waals surface area contributed by atoms with Gasteiger partial charge in [0.1, 0.15) is 0 Å². The van der Waals surface area contributed by atoms with Crippen molar-refractivity contribution < 1.29 is 9.53 Å². The summed E-state index contributed by atoms with van der Waals surface area (Å²) in [5, 5.41) is 4.00. The first kappa shape index (κ1) is 16.1. The highest BCUT2D eigenvalue weighted by Crippen LogP contribution is 2.22. The Hall–Kier alpha value is -1.81. The summed E-state index contributed by atoms with van der Waals surface area (Å²) >= 11 is 0. The molecule has 1 aliphatic carbocycles. The summed E-state index contributed by atoms with van der Waals surface area (Å²) in [7, 11) is 0. The number of amides is 1. The van der Waals surface area contributed by atoms with Crippen molar-refractivity contribution in [3.8, 4) is 0 Å². The van der Waals surface area contributed by atoms with Crippen molar-refractivity contribution in [1.82, 2.24) is 10.3 Å². The molecular formula is C19H26N2O2. The van der Waals surface area contributed by atoms with Gasteiger partial charge in [-0.2, -0.15) is 0 Å². The normalized spacial score (nSPS) is 15.9. The van der Waals surface area contributed by atoms with Crippen LogP contribution in [0.5, 0.6) is 0 Å². The Labute approximate surface area is 137 Å². The molecule has 1 aromatic carbocycles. The Bertz CT molecular complexity index is 656. The van der Waals surface area contributed by atoms with Gasteiger partial charge in [-0.25, -0.2) is 0 Å². The lowest BCUT2D eigenvalue weighted by molar-refractivity contribution is 0.0273. The molecule has 2 aromatic rings. The molecule has 0 spiro atoms. The van der Waals surface area contributed by atoms with Crippen molar-refractivity contribution in [3.05, 3.63) is 35.5 Å². The fourth-order valence-electron chi connectivity index (χ4n) is 3.41. The van der Waals surface area contributed by atoms with Gasteiger partial charge in [0, 0.05) is 29.7 Å². The number of ether oxygens (including phenoxy) is 1. The second-order valence-corrected chi connectivity index (χ2v) is 6.41. The molecule has 1 fully saturated rings. The van der Waals surface area contributed by atoms with Crippen LogP contribution in [0.2, 0.25) is 0 Å². The number of para-hydroxylation sites is 1. The summed E-state index contributed by atoms with van der Waals surface area (Å²) in [5.74, 6) is -0.00221. The van der Waals surface area contributed by atoms with E-state index in [1.165, 1.54) is 32.1 Å². The molecule has 1 amide bonds. The second kappa shape index (κ2) is 7.64. The molecule has 23 heavy (non-hydrogen) atoms. The first-order valence-corrected chi connectivity index (χ1v) is 8.73. The van der Waals surface area contributed by atoms with Crippen molar-refractivity contribution in [2.75, 3.05) is 13.2 Å². The molecule has 4 heteroatoms. The Morgan fingerprint density at radius 3 is 2.87 bits per heavy atom. The van der Waals surface area contributed by atoms with Crippen molar-refractivity contribution in [2.45, 2.75) is 51.6 Å². The fourth-order valence-corrected chi connectivity index (χ4v) is 3.41. The number of aromatic amines is 1. The molecule has 0 aliphatic heterocycles. The van der Waals surface area contributed by atoms with Crippen LogP contribution in [0.15, 0.2) is 24.3 Å². The van der Waals surface area contributed by atoms with Gasteiger partial charge in [0.25, 0.3) is 5.91 Å². The standard InChI is InChI=1S/C19H26N2O2/c1-14-18(16-10-5-6-11-17(16)21-14)19(22)20-12-7-13-23-15-8-3-2-4-9-15/h5-6,10-11,15,21H,2-4,7-9,12-13H2,1H3,(H,20,22). The van der Waals surface area contributed by atoms with Gasteiger partial charge in [-0.3, -0.25) is 4.79 Å². The van der Waals surface area contributed by atoms with Crippen LogP contribution >= 0.6 is 0 Å². The molecule has 0 unspecified atom stereocenters. The number of hydrogen-bond donors (Lipinski definition) is 2. The number of carbonyl (C=O) groups is 1. The van der Waals surface area contributed by atoms with E-state index in [9.17, 15) is 4.79 Å². The number of rotatable bonds is 6. The summed E-state index contributed by atoms with van der Waals surface area (Å²) in [5.41, 5.74) is 2.69. The van der Waals surface area contributed by atoms with Crippen LogP contribution in [0.1, 0.15) is 54.6 Å².